The van der Waals surface area contributed by atoms with Gasteiger partial charge in [0.1, 0.15) is 0 Å². The molecule has 0 aliphatic carbocycles. The van der Waals surface area contributed by atoms with Gasteiger partial charge in [0.25, 0.3) is 0 Å². The number of hydrogen-bond donors (Lipinski definition) is 1. The smallest absolute Gasteiger partial charge is 0.0109 e. The van der Waals surface area contributed by atoms with Crippen molar-refractivity contribution in [3.63, 3.8) is 0 Å². The van der Waals surface area contributed by atoms with Gasteiger partial charge in [-0.1, -0.05) is 29.8 Å². The van der Waals surface area contributed by atoms with Crippen LogP contribution in [-0.4, -0.2) is 30.6 Å². The minimum Gasteiger partial charge on any atom is -0.326 e. The molecule has 1 aromatic rings. The highest BCUT2D eigenvalue weighted by Crippen LogP contribution is 2.07. The van der Waals surface area contributed by atoms with Crippen molar-refractivity contribution in [1.29, 1.82) is 0 Å². The molecule has 1 rings (SSSR count). The first-order chi connectivity index (χ1) is 7.87. The molecule has 0 unspecified atom stereocenters. The molecule has 0 amide bonds. The molecule has 0 aromatic heterocycles. The summed E-state index contributed by atoms with van der Waals surface area (Å²) in [7, 11) is 2.17. The van der Waals surface area contributed by atoms with Gasteiger partial charge in [-0.05, 0) is 52.8 Å². The Bertz CT molecular complexity index is 339. The Kier molecular flexibility index (Phi) is 5.16. The van der Waals surface area contributed by atoms with Gasteiger partial charge in [-0.2, -0.15) is 0 Å². The van der Waals surface area contributed by atoms with Gasteiger partial charge in [0.05, 0.1) is 0 Å². The Morgan fingerprint density at radius 1 is 1.24 bits per heavy atom. The van der Waals surface area contributed by atoms with Crippen molar-refractivity contribution in [2.75, 3.05) is 20.1 Å². The minimum absolute atomic E-state index is 0.0579. The van der Waals surface area contributed by atoms with Crippen LogP contribution in [0.4, 0.5) is 0 Å². The standard InChI is InChI=1S/C15H26N2/c1-13-6-5-7-14(12-13)8-10-17(4)11-9-15(2,3)16/h5-7,12H,8-11,16H2,1-4H3. The molecule has 0 saturated carbocycles. The Morgan fingerprint density at radius 2 is 1.94 bits per heavy atom. The van der Waals surface area contributed by atoms with Gasteiger partial charge < -0.3 is 10.6 Å². The first kappa shape index (κ1) is 14.2. The summed E-state index contributed by atoms with van der Waals surface area (Å²) in [4.78, 5) is 2.36. The fourth-order valence-electron chi connectivity index (χ4n) is 1.78. The zero-order chi connectivity index (χ0) is 12.9. The second kappa shape index (κ2) is 6.18. The van der Waals surface area contributed by atoms with Crippen molar-refractivity contribution in [3.05, 3.63) is 35.4 Å². The molecule has 0 radical (unpaired) electrons. The van der Waals surface area contributed by atoms with Crippen LogP contribution < -0.4 is 5.73 Å². The third kappa shape index (κ3) is 6.44. The molecule has 1 aromatic carbocycles. The van der Waals surface area contributed by atoms with E-state index in [9.17, 15) is 0 Å². The van der Waals surface area contributed by atoms with E-state index in [0.29, 0.717) is 0 Å². The summed E-state index contributed by atoms with van der Waals surface area (Å²) in [6.07, 6.45) is 2.15. The number of hydrogen-bond acceptors (Lipinski definition) is 2. The van der Waals surface area contributed by atoms with Crippen molar-refractivity contribution < 1.29 is 0 Å². The number of aryl methyl sites for hydroxylation is 1. The minimum atomic E-state index is -0.0579. The quantitative estimate of drug-likeness (QED) is 0.820. The number of rotatable bonds is 6. The van der Waals surface area contributed by atoms with Crippen molar-refractivity contribution in [2.45, 2.75) is 39.2 Å². The number of nitrogens with zero attached hydrogens (tertiary/aromatic N) is 1. The zero-order valence-corrected chi connectivity index (χ0v) is 11.7. The second-order valence-corrected chi connectivity index (χ2v) is 5.78. The summed E-state index contributed by atoms with van der Waals surface area (Å²) in [5, 5.41) is 0. The first-order valence-electron chi connectivity index (χ1n) is 6.40. The number of nitrogens with two attached hydrogens (primary N) is 1. The third-order valence-electron chi connectivity index (χ3n) is 3.00. The predicted molar refractivity (Wildman–Crippen MR) is 75.3 cm³/mol. The van der Waals surface area contributed by atoms with Gasteiger partial charge in [-0.25, -0.2) is 0 Å². The number of benzene rings is 1. The average molecular weight is 234 g/mol. The van der Waals surface area contributed by atoms with E-state index in [-0.39, 0.29) is 5.54 Å². The molecule has 2 heteroatoms. The van der Waals surface area contributed by atoms with Crippen LogP contribution in [0.15, 0.2) is 24.3 Å². The zero-order valence-electron chi connectivity index (χ0n) is 11.7. The Hall–Kier alpha value is -0.860. The lowest BCUT2D eigenvalue weighted by Gasteiger charge is -2.23. The monoisotopic (exact) mass is 234 g/mol. The van der Waals surface area contributed by atoms with E-state index in [1.165, 1.54) is 11.1 Å². The maximum atomic E-state index is 5.98. The highest BCUT2D eigenvalue weighted by atomic mass is 15.1. The number of likely N-dealkylation sites (N-methyl/N-ethyl adjacent to an activating group) is 1. The molecule has 96 valence electrons. The van der Waals surface area contributed by atoms with Crippen LogP contribution in [0.5, 0.6) is 0 Å². The van der Waals surface area contributed by atoms with Crippen LogP contribution >= 0.6 is 0 Å². The van der Waals surface area contributed by atoms with Gasteiger partial charge in [0.2, 0.25) is 0 Å². The fraction of sp³-hybridized carbons (Fsp3) is 0.600. The predicted octanol–water partition coefficient (Wildman–Crippen LogP) is 2.60. The van der Waals surface area contributed by atoms with Gasteiger partial charge in [-0.15, -0.1) is 0 Å². The maximum Gasteiger partial charge on any atom is 0.0109 e. The summed E-state index contributed by atoms with van der Waals surface area (Å²) in [5.41, 5.74) is 8.69. The highest BCUT2D eigenvalue weighted by molar-refractivity contribution is 5.22. The van der Waals surface area contributed by atoms with Crippen molar-refractivity contribution >= 4 is 0 Å². The van der Waals surface area contributed by atoms with E-state index in [1.807, 2.05) is 0 Å². The molecule has 0 aliphatic heterocycles. The molecule has 2 N–H and O–H groups in total. The molecule has 0 atom stereocenters. The van der Waals surface area contributed by atoms with E-state index in [0.717, 1.165) is 25.9 Å². The topological polar surface area (TPSA) is 29.3 Å². The molecule has 0 bridgehead atoms. The SMILES string of the molecule is Cc1cccc(CCN(C)CCC(C)(C)N)c1. The van der Waals surface area contributed by atoms with Crippen LogP contribution in [-0.2, 0) is 6.42 Å². The van der Waals surface area contributed by atoms with Crippen LogP contribution in [0.2, 0.25) is 0 Å². The van der Waals surface area contributed by atoms with Crippen molar-refractivity contribution in [1.82, 2.24) is 4.90 Å². The molecule has 0 fully saturated rings. The van der Waals surface area contributed by atoms with Gasteiger partial charge in [-0.3, -0.25) is 0 Å². The van der Waals surface area contributed by atoms with E-state index in [4.69, 9.17) is 5.73 Å². The summed E-state index contributed by atoms with van der Waals surface area (Å²) in [6.45, 7) is 8.47. The average Bonchev–Trinajstić information content (AvgIpc) is 2.23. The first-order valence-corrected chi connectivity index (χ1v) is 6.40. The molecular formula is C15H26N2. The second-order valence-electron chi connectivity index (χ2n) is 5.78. The molecule has 0 heterocycles. The van der Waals surface area contributed by atoms with E-state index < -0.39 is 0 Å². The molecule has 2 nitrogen and oxygen atoms in total. The molecule has 0 spiro atoms. The molecule has 0 aliphatic rings. The van der Waals surface area contributed by atoms with Crippen LogP contribution in [0.3, 0.4) is 0 Å². The Labute approximate surface area is 106 Å². The van der Waals surface area contributed by atoms with Crippen LogP contribution in [0.25, 0.3) is 0 Å². The molecule has 17 heavy (non-hydrogen) atoms. The lowest BCUT2D eigenvalue weighted by molar-refractivity contribution is 0.298. The summed E-state index contributed by atoms with van der Waals surface area (Å²) in [6, 6.07) is 8.74. The fourth-order valence-corrected chi connectivity index (χ4v) is 1.78. The summed E-state index contributed by atoms with van der Waals surface area (Å²) in [5.74, 6) is 0. The van der Waals surface area contributed by atoms with E-state index in [1.54, 1.807) is 0 Å². The lowest BCUT2D eigenvalue weighted by atomic mass is 10.0. The van der Waals surface area contributed by atoms with E-state index >= 15 is 0 Å². The van der Waals surface area contributed by atoms with Gasteiger partial charge in [0.15, 0.2) is 0 Å². The largest absolute Gasteiger partial charge is 0.326 e. The van der Waals surface area contributed by atoms with Crippen molar-refractivity contribution in [2.24, 2.45) is 5.73 Å². The lowest BCUT2D eigenvalue weighted by Crippen LogP contribution is -2.36. The van der Waals surface area contributed by atoms with Crippen LogP contribution in [0, 0.1) is 6.92 Å². The Balaban J connectivity index is 2.31. The van der Waals surface area contributed by atoms with Crippen molar-refractivity contribution in [3.8, 4) is 0 Å². The highest BCUT2D eigenvalue weighted by Gasteiger charge is 2.11. The van der Waals surface area contributed by atoms with Gasteiger partial charge >= 0.3 is 0 Å². The Morgan fingerprint density at radius 3 is 2.53 bits per heavy atom. The summed E-state index contributed by atoms with van der Waals surface area (Å²) >= 11 is 0. The van der Waals surface area contributed by atoms with Gasteiger partial charge in [0, 0.05) is 12.1 Å². The van der Waals surface area contributed by atoms with Crippen LogP contribution in [0.1, 0.15) is 31.4 Å². The third-order valence-corrected chi connectivity index (χ3v) is 3.00. The maximum absolute atomic E-state index is 5.98. The van der Waals surface area contributed by atoms with E-state index in [2.05, 4.69) is 57.0 Å². The molecule has 0 saturated heterocycles. The molecular weight excluding hydrogens is 208 g/mol. The summed E-state index contributed by atoms with van der Waals surface area (Å²) < 4.78 is 0. The normalized spacial score (nSPS) is 12.1.